The van der Waals surface area contributed by atoms with Crippen molar-refractivity contribution in [2.75, 3.05) is 6.61 Å². The van der Waals surface area contributed by atoms with Crippen molar-refractivity contribution in [3.05, 3.63) is 90.3 Å². The summed E-state index contributed by atoms with van der Waals surface area (Å²) in [6, 6.07) is 19.9. The minimum absolute atomic E-state index is 0.216. The summed E-state index contributed by atoms with van der Waals surface area (Å²) in [6.07, 6.45) is 4.20. The zero-order chi connectivity index (χ0) is 19.3. The number of nitrogens with zero attached hydrogens (tertiary/aromatic N) is 4. The topological polar surface area (TPSA) is 60.2 Å². The van der Waals surface area contributed by atoms with Gasteiger partial charge in [-0.25, -0.2) is 9.48 Å². The summed E-state index contributed by atoms with van der Waals surface area (Å²) in [5.74, 6) is 0.443. The first kappa shape index (κ1) is 18.0. The second-order valence-electron chi connectivity index (χ2n) is 6.78. The fraction of sp³-hybridized carbons (Fsp3) is 0.227. The minimum Gasteiger partial charge on any atom is -0.447 e. The van der Waals surface area contributed by atoms with Gasteiger partial charge in [0.2, 0.25) is 0 Å². The van der Waals surface area contributed by atoms with Crippen LogP contribution in [0.3, 0.4) is 0 Å². The molecule has 6 heteroatoms. The molecule has 0 saturated carbocycles. The average molecular weight is 374 g/mol. The first-order valence-electron chi connectivity index (χ1n) is 9.38. The Morgan fingerprint density at radius 1 is 1.07 bits per heavy atom. The molecule has 0 radical (unpaired) electrons. The van der Waals surface area contributed by atoms with Crippen molar-refractivity contribution < 1.29 is 9.53 Å². The number of aromatic nitrogens is 3. The number of hydrogen-bond donors (Lipinski definition) is 0. The number of benzene rings is 2. The monoisotopic (exact) mass is 374 g/mol. The Kier molecular flexibility index (Phi) is 5.19. The number of carbonyl (C=O) groups is 1. The van der Waals surface area contributed by atoms with E-state index in [1.807, 2.05) is 54.7 Å². The van der Waals surface area contributed by atoms with Crippen LogP contribution in [0.4, 0.5) is 4.79 Å². The van der Waals surface area contributed by atoms with Crippen LogP contribution in [-0.4, -0.2) is 32.6 Å². The first-order valence-corrected chi connectivity index (χ1v) is 9.38. The van der Waals surface area contributed by atoms with Gasteiger partial charge in [0.1, 0.15) is 18.5 Å². The summed E-state index contributed by atoms with van der Waals surface area (Å²) < 4.78 is 6.82. The molecule has 1 aromatic heterocycles. The van der Waals surface area contributed by atoms with Crippen LogP contribution in [0.5, 0.6) is 0 Å². The van der Waals surface area contributed by atoms with E-state index >= 15 is 0 Å². The molecule has 1 aliphatic rings. The molecule has 142 valence electrons. The number of amides is 1. The molecule has 2 aromatic carbocycles. The van der Waals surface area contributed by atoms with E-state index in [1.165, 1.54) is 10.5 Å². The number of carbonyl (C=O) groups excluding carboxylic acids is 1. The second kappa shape index (κ2) is 8.08. The lowest BCUT2D eigenvalue weighted by Crippen LogP contribution is -2.28. The van der Waals surface area contributed by atoms with Crippen LogP contribution in [-0.2, 0) is 17.6 Å². The van der Waals surface area contributed by atoms with Crippen LogP contribution < -0.4 is 0 Å². The Morgan fingerprint density at radius 3 is 2.54 bits per heavy atom. The van der Waals surface area contributed by atoms with Crippen LogP contribution in [0.1, 0.15) is 29.3 Å². The normalized spacial score (nSPS) is 16.2. The van der Waals surface area contributed by atoms with Gasteiger partial charge in [-0.15, -0.1) is 5.10 Å². The third-order valence-corrected chi connectivity index (χ3v) is 4.88. The Morgan fingerprint density at radius 2 is 1.79 bits per heavy atom. The van der Waals surface area contributed by atoms with Crippen molar-refractivity contribution in [1.82, 2.24) is 19.9 Å². The van der Waals surface area contributed by atoms with Gasteiger partial charge in [0.25, 0.3) is 0 Å². The van der Waals surface area contributed by atoms with Crippen molar-refractivity contribution in [3.63, 3.8) is 0 Å². The Balaban J connectivity index is 1.42. The standard InChI is InChI=1S/C22H22N4O2/c1-17(26-21(16-28-22(26)27)19-12-6-3-7-13-19)25-15-20(23-24-25)14-8-11-18-9-4-2-5-10-18/h2-7,9-10,12-13,15,21H,1,8,11,14,16H2/t21-/m0/s1. The Hall–Kier alpha value is -3.41. The summed E-state index contributed by atoms with van der Waals surface area (Å²) >= 11 is 0. The zero-order valence-corrected chi connectivity index (χ0v) is 15.6. The van der Waals surface area contributed by atoms with Crippen LogP contribution >= 0.6 is 0 Å². The third kappa shape index (κ3) is 3.81. The molecule has 0 aliphatic carbocycles. The van der Waals surface area contributed by atoms with Gasteiger partial charge < -0.3 is 4.74 Å². The molecule has 0 N–H and O–H groups in total. The highest BCUT2D eigenvalue weighted by Gasteiger charge is 2.37. The van der Waals surface area contributed by atoms with Crippen molar-refractivity contribution in [1.29, 1.82) is 0 Å². The number of hydrogen-bond acceptors (Lipinski definition) is 4. The minimum atomic E-state index is -0.417. The number of aryl methyl sites for hydroxylation is 2. The van der Waals surface area contributed by atoms with Gasteiger partial charge in [-0.1, -0.05) is 72.5 Å². The maximum absolute atomic E-state index is 12.3. The smallest absolute Gasteiger partial charge is 0.416 e. The summed E-state index contributed by atoms with van der Waals surface area (Å²) in [5.41, 5.74) is 3.18. The van der Waals surface area contributed by atoms with Crippen molar-refractivity contribution in [2.24, 2.45) is 0 Å². The SMILES string of the molecule is C=C(N1C(=O)OC[C@H]1c1ccccc1)n1cc(CCCc2ccccc2)nn1. The van der Waals surface area contributed by atoms with Gasteiger partial charge in [0.15, 0.2) is 0 Å². The molecule has 1 saturated heterocycles. The van der Waals surface area contributed by atoms with E-state index < -0.39 is 6.09 Å². The molecule has 0 spiro atoms. The van der Waals surface area contributed by atoms with Crippen LogP contribution in [0.2, 0.25) is 0 Å². The highest BCUT2D eigenvalue weighted by Crippen LogP contribution is 2.32. The second-order valence-corrected chi connectivity index (χ2v) is 6.78. The summed E-state index contributed by atoms with van der Waals surface area (Å²) in [5, 5.41) is 8.40. The van der Waals surface area contributed by atoms with Gasteiger partial charge >= 0.3 is 6.09 Å². The maximum Gasteiger partial charge on any atom is 0.416 e. The predicted molar refractivity (Wildman–Crippen MR) is 106 cm³/mol. The molecule has 6 nitrogen and oxygen atoms in total. The molecule has 28 heavy (non-hydrogen) atoms. The summed E-state index contributed by atoms with van der Waals surface area (Å²) in [7, 11) is 0. The molecule has 0 unspecified atom stereocenters. The fourth-order valence-electron chi connectivity index (χ4n) is 3.40. The molecule has 2 heterocycles. The van der Waals surface area contributed by atoms with E-state index in [1.54, 1.807) is 4.68 Å². The number of rotatable bonds is 7. The van der Waals surface area contributed by atoms with Gasteiger partial charge in [0.05, 0.1) is 11.9 Å². The lowest BCUT2D eigenvalue weighted by atomic mass is 10.1. The van der Waals surface area contributed by atoms with Gasteiger partial charge in [0, 0.05) is 0 Å². The largest absolute Gasteiger partial charge is 0.447 e. The van der Waals surface area contributed by atoms with E-state index in [9.17, 15) is 4.79 Å². The molecular formula is C22H22N4O2. The summed E-state index contributed by atoms with van der Waals surface area (Å²) in [6.45, 7) is 4.35. The van der Waals surface area contributed by atoms with E-state index in [0.29, 0.717) is 12.4 Å². The van der Waals surface area contributed by atoms with E-state index in [0.717, 1.165) is 30.5 Å². The van der Waals surface area contributed by atoms with E-state index in [4.69, 9.17) is 4.74 Å². The Labute approximate surface area is 164 Å². The first-order chi connectivity index (χ1) is 13.7. The molecule has 1 amide bonds. The van der Waals surface area contributed by atoms with Gasteiger partial charge in [-0.3, -0.25) is 4.90 Å². The predicted octanol–water partition coefficient (Wildman–Crippen LogP) is 4.08. The Bertz CT molecular complexity index is 953. The average Bonchev–Trinajstić information content (AvgIpc) is 3.36. The van der Waals surface area contributed by atoms with E-state index in [-0.39, 0.29) is 6.04 Å². The van der Waals surface area contributed by atoms with Crippen molar-refractivity contribution in [2.45, 2.75) is 25.3 Å². The molecular weight excluding hydrogens is 352 g/mol. The lowest BCUT2D eigenvalue weighted by molar-refractivity contribution is 0.166. The summed E-state index contributed by atoms with van der Waals surface area (Å²) in [4.78, 5) is 13.8. The van der Waals surface area contributed by atoms with Crippen LogP contribution in [0.15, 0.2) is 73.4 Å². The fourth-order valence-corrected chi connectivity index (χ4v) is 3.40. The van der Waals surface area contributed by atoms with Crippen LogP contribution in [0.25, 0.3) is 5.82 Å². The zero-order valence-electron chi connectivity index (χ0n) is 15.6. The maximum atomic E-state index is 12.3. The quantitative estimate of drug-likeness (QED) is 0.625. The number of ether oxygens (including phenoxy) is 1. The molecule has 1 fully saturated rings. The van der Waals surface area contributed by atoms with Crippen molar-refractivity contribution in [3.8, 4) is 0 Å². The van der Waals surface area contributed by atoms with E-state index in [2.05, 4.69) is 29.0 Å². The molecule has 1 aliphatic heterocycles. The third-order valence-electron chi connectivity index (χ3n) is 4.88. The van der Waals surface area contributed by atoms with Crippen molar-refractivity contribution >= 4 is 11.9 Å². The lowest BCUT2D eigenvalue weighted by Gasteiger charge is -2.22. The molecule has 1 atom stereocenters. The van der Waals surface area contributed by atoms with Crippen LogP contribution in [0, 0.1) is 0 Å². The van der Waals surface area contributed by atoms with Gasteiger partial charge in [-0.2, -0.15) is 0 Å². The molecule has 0 bridgehead atoms. The molecule has 3 aromatic rings. The highest BCUT2D eigenvalue weighted by molar-refractivity contribution is 5.78. The molecule has 4 rings (SSSR count). The van der Waals surface area contributed by atoms with Gasteiger partial charge in [-0.05, 0) is 30.4 Å². The number of cyclic esters (lactones) is 1. The highest BCUT2D eigenvalue weighted by atomic mass is 16.6.